The summed E-state index contributed by atoms with van der Waals surface area (Å²) in [6, 6.07) is 5.34. The van der Waals surface area contributed by atoms with Crippen molar-refractivity contribution in [3.05, 3.63) is 48.5 Å². The zero-order valence-electron chi connectivity index (χ0n) is 16.6. The van der Waals surface area contributed by atoms with E-state index in [2.05, 4.69) is 25.2 Å². The molecule has 0 saturated carbocycles. The number of nitrogens with one attached hydrogen (secondary N) is 1. The van der Waals surface area contributed by atoms with Gasteiger partial charge < -0.3 is 15.3 Å². The van der Waals surface area contributed by atoms with Gasteiger partial charge >= 0.3 is 5.97 Å². The number of carboxylic acids is 1. The Kier molecular flexibility index (Phi) is 5.85. The van der Waals surface area contributed by atoms with Gasteiger partial charge in [0, 0.05) is 68.3 Å². The highest BCUT2D eigenvalue weighted by Crippen LogP contribution is 2.31. The molecule has 0 spiro atoms. The SMILES string of the molecule is CS(=O)(=O)N1CCN(c2ccnc(Nc3ncc(-c4cncc(C(=O)O)c4)s3)c2)CC1. The number of carboxylic acid groups (broad SMARTS) is 1. The van der Waals surface area contributed by atoms with E-state index in [1.807, 2.05) is 12.1 Å². The highest BCUT2D eigenvalue weighted by Gasteiger charge is 2.23. The average molecular weight is 461 g/mol. The molecule has 3 aromatic heterocycles. The Hall–Kier alpha value is -3.09. The van der Waals surface area contributed by atoms with Crippen LogP contribution < -0.4 is 10.2 Å². The number of sulfonamides is 1. The molecule has 1 saturated heterocycles. The molecular weight excluding hydrogens is 440 g/mol. The van der Waals surface area contributed by atoms with Crippen LogP contribution in [0.4, 0.5) is 16.6 Å². The number of carbonyl (C=O) groups is 1. The third-order valence-electron chi connectivity index (χ3n) is 4.83. The van der Waals surface area contributed by atoms with Gasteiger partial charge in [-0.3, -0.25) is 4.98 Å². The quantitative estimate of drug-likeness (QED) is 0.568. The molecule has 0 bridgehead atoms. The van der Waals surface area contributed by atoms with Gasteiger partial charge in [0.15, 0.2) is 5.13 Å². The summed E-state index contributed by atoms with van der Waals surface area (Å²) in [5.41, 5.74) is 1.74. The summed E-state index contributed by atoms with van der Waals surface area (Å²) in [6.07, 6.45) is 7.47. The predicted octanol–water partition coefficient (Wildman–Crippen LogP) is 2.12. The fourth-order valence-corrected chi connectivity index (χ4v) is 4.86. The molecule has 3 aromatic rings. The van der Waals surface area contributed by atoms with Gasteiger partial charge in [0.25, 0.3) is 0 Å². The maximum atomic E-state index is 11.7. The molecule has 12 heteroatoms. The number of pyridine rings is 2. The normalized spacial score (nSPS) is 15.1. The van der Waals surface area contributed by atoms with Crippen molar-refractivity contribution in [2.24, 2.45) is 0 Å². The van der Waals surface area contributed by atoms with Crippen molar-refractivity contribution in [1.29, 1.82) is 0 Å². The first-order valence-electron chi connectivity index (χ1n) is 9.37. The van der Waals surface area contributed by atoms with E-state index in [-0.39, 0.29) is 5.56 Å². The lowest BCUT2D eigenvalue weighted by Gasteiger charge is -2.34. The van der Waals surface area contributed by atoms with E-state index in [0.717, 1.165) is 10.6 Å². The molecule has 0 unspecified atom stereocenters. The van der Waals surface area contributed by atoms with Gasteiger partial charge in [-0.15, -0.1) is 0 Å². The number of hydrogen-bond donors (Lipinski definition) is 2. The van der Waals surface area contributed by atoms with Crippen molar-refractivity contribution in [2.75, 3.05) is 42.7 Å². The Morgan fingerprint density at radius 3 is 2.61 bits per heavy atom. The van der Waals surface area contributed by atoms with Gasteiger partial charge in [-0.25, -0.2) is 23.2 Å². The number of piperazine rings is 1. The zero-order valence-corrected chi connectivity index (χ0v) is 18.2. The zero-order chi connectivity index (χ0) is 22.0. The second kappa shape index (κ2) is 8.57. The number of hydrogen-bond acceptors (Lipinski definition) is 9. The maximum Gasteiger partial charge on any atom is 0.337 e. The molecule has 10 nitrogen and oxygen atoms in total. The molecule has 0 radical (unpaired) electrons. The summed E-state index contributed by atoms with van der Waals surface area (Å²) in [5.74, 6) is -0.419. The van der Waals surface area contributed by atoms with Gasteiger partial charge in [0.05, 0.1) is 16.7 Å². The lowest BCUT2D eigenvalue weighted by Crippen LogP contribution is -2.48. The maximum absolute atomic E-state index is 11.7. The molecular formula is C19H20N6O4S2. The fourth-order valence-electron chi connectivity index (χ4n) is 3.23. The first-order chi connectivity index (χ1) is 14.8. The minimum absolute atomic E-state index is 0.116. The molecule has 162 valence electrons. The van der Waals surface area contributed by atoms with Crippen molar-refractivity contribution < 1.29 is 18.3 Å². The summed E-state index contributed by atoms with van der Waals surface area (Å²) in [4.78, 5) is 26.7. The molecule has 0 aromatic carbocycles. The van der Waals surface area contributed by atoms with Crippen LogP contribution >= 0.6 is 11.3 Å². The van der Waals surface area contributed by atoms with Gasteiger partial charge in [0.1, 0.15) is 5.82 Å². The number of aromatic nitrogens is 3. The Morgan fingerprint density at radius 2 is 1.90 bits per heavy atom. The largest absolute Gasteiger partial charge is 0.478 e. The molecule has 2 N–H and O–H groups in total. The van der Waals surface area contributed by atoms with E-state index in [1.54, 1.807) is 24.7 Å². The van der Waals surface area contributed by atoms with Crippen LogP contribution in [0.5, 0.6) is 0 Å². The molecule has 0 atom stereocenters. The van der Waals surface area contributed by atoms with Crippen molar-refractivity contribution in [2.45, 2.75) is 0 Å². The van der Waals surface area contributed by atoms with Crippen LogP contribution in [0.2, 0.25) is 0 Å². The van der Waals surface area contributed by atoms with Crippen LogP contribution in [0, 0.1) is 0 Å². The van der Waals surface area contributed by atoms with Crippen LogP contribution in [-0.2, 0) is 10.0 Å². The molecule has 1 aliphatic rings. The van der Waals surface area contributed by atoms with E-state index >= 15 is 0 Å². The molecule has 0 aliphatic carbocycles. The molecule has 4 rings (SSSR count). The van der Waals surface area contributed by atoms with E-state index in [9.17, 15) is 13.2 Å². The second-order valence-electron chi connectivity index (χ2n) is 6.97. The van der Waals surface area contributed by atoms with Gasteiger partial charge in [-0.1, -0.05) is 11.3 Å². The second-order valence-corrected chi connectivity index (χ2v) is 9.98. The van der Waals surface area contributed by atoms with Crippen molar-refractivity contribution in [1.82, 2.24) is 19.3 Å². The van der Waals surface area contributed by atoms with Gasteiger partial charge in [-0.05, 0) is 12.1 Å². The summed E-state index contributed by atoms with van der Waals surface area (Å²) >= 11 is 1.36. The first kappa shape index (κ1) is 21.2. The van der Waals surface area contributed by atoms with Crippen molar-refractivity contribution in [3.63, 3.8) is 0 Å². The topological polar surface area (TPSA) is 129 Å². The molecule has 1 fully saturated rings. The number of nitrogens with zero attached hydrogens (tertiary/aromatic N) is 5. The van der Waals surface area contributed by atoms with Crippen LogP contribution in [0.1, 0.15) is 10.4 Å². The Morgan fingerprint density at radius 1 is 1.13 bits per heavy atom. The molecule has 1 aliphatic heterocycles. The summed E-state index contributed by atoms with van der Waals surface area (Å²) in [7, 11) is -3.17. The van der Waals surface area contributed by atoms with Crippen molar-refractivity contribution in [3.8, 4) is 10.4 Å². The third kappa shape index (κ3) is 4.98. The monoisotopic (exact) mass is 460 g/mol. The van der Waals surface area contributed by atoms with E-state index in [1.165, 1.54) is 28.1 Å². The van der Waals surface area contributed by atoms with E-state index < -0.39 is 16.0 Å². The highest BCUT2D eigenvalue weighted by molar-refractivity contribution is 7.88. The summed E-state index contributed by atoms with van der Waals surface area (Å²) < 4.78 is 24.9. The summed E-state index contributed by atoms with van der Waals surface area (Å²) in [6.45, 7) is 2.10. The number of anilines is 3. The molecule has 31 heavy (non-hydrogen) atoms. The Balaban J connectivity index is 1.46. The lowest BCUT2D eigenvalue weighted by atomic mass is 10.2. The van der Waals surface area contributed by atoms with E-state index in [4.69, 9.17) is 5.11 Å². The number of rotatable bonds is 6. The van der Waals surface area contributed by atoms with Gasteiger partial charge in [-0.2, -0.15) is 4.31 Å². The third-order valence-corrected chi connectivity index (χ3v) is 7.09. The first-order valence-corrected chi connectivity index (χ1v) is 12.0. The molecule has 0 amide bonds. The molecule has 4 heterocycles. The smallest absolute Gasteiger partial charge is 0.337 e. The highest BCUT2D eigenvalue weighted by atomic mass is 32.2. The van der Waals surface area contributed by atoms with Crippen LogP contribution in [0.3, 0.4) is 0 Å². The Bertz CT molecular complexity index is 1210. The fraction of sp³-hybridized carbons (Fsp3) is 0.263. The van der Waals surface area contributed by atoms with Gasteiger partial charge in [0.2, 0.25) is 10.0 Å². The van der Waals surface area contributed by atoms with Crippen molar-refractivity contribution >= 4 is 44.0 Å². The minimum atomic E-state index is -3.17. The average Bonchev–Trinajstić information content (AvgIpc) is 3.22. The summed E-state index contributed by atoms with van der Waals surface area (Å²) in [5, 5.41) is 12.9. The predicted molar refractivity (Wildman–Crippen MR) is 118 cm³/mol. The van der Waals surface area contributed by atoms with Crippen LogP contribution in [0.15, 0.2) is 43.0 Å². The van der Waals surface area contributed by atoms with Crippen LogP contribution in [-0.4, -0.2) is 71.2 Å². The van der Waals surface area contributed by atoms with Crippen LogP contribution in [0.25, 0.3) is 10.4 Å². The minimum Gasteiger partial charge on any atom is -0.478 e. The lowest BCUT2D eigenvalue weighted by molar-refractivity contribution is 0.0696. The number of aromatic carboxylic acids is 1. The van der Waals surface area contributed by atoms with E-state index in [0.29, 0.717) is 42.7 Å². The number of thiazole rings is 1. The Labute approximate surface area is 183 Å². The standard InChI is InChI=1S/C19H20N6O4S2/c1-31(28,29)25-6-4-24(5-7-25)15-2-3-21-17(9-15)23-19-22-12-16(30-19)13-8-14(18(26)27)11-20-10-13/h2-3,8-12H,4-7H2,1H3,(H,26,27)(H,21,22,23).